The third-order valence-electron chi connectivity index (χ3n) is 2.93. The van der Waals surface area contributed by atoms with Crippen molar-refractivity contribution >= 4 is 36.1 Å². The van der Waals surface area contributed by atoms with Gasteiger partial charge in [0.25, 0.3) is 0 Å². The summed E-state index contributed by atoms with van der Waals surface area (Å²) >= 11 is 0. The first-order chi connectivity index (χ1) is 7.70. The Balaban J connectivity index is 3.18. The SMILES string of the molecule is C=Cc1c(C=C)c(=C)c2ccccc2c1=C. The molecule has 0 atom stereocenters. The van der Waals surface area contributed by atoms with E-state index in [1.54, 1.807) is 0 Å². The highest BCUT2D eigenvalue weighted by Gasteiger charge is 2.04. The Hall–Kier alpha value is -2.08. The molecule has 0 saturated carbocycles. The van der Waals surface area contributed by atoms with Crippen LogP contribution in [0.15, 0.2) is 37.4 Å². The molecule has 2 aromatic rings. The van der Waals surface area contributed by atoms with Crippen LogP contribution in [0.5, 0.6) is 0 Å². The van der Waals surface area contributed by atoms with Gasteiger partial charge in [0.1, 0.15) is 0 Å². The number of fused-ring (bicyclic) bond motifs is 1. The van der Waals surface area contributed by atoms with Crippen LogP contribution >= 0.6 is 0 Å². The third-order valence-corrected chi connectivity index (χ3v) is 2.93. The smallest absolute Gasteiger partial charge is 0.0105 e. The summed E-state index contributed by atoms with van der Waals surface area (Å²) in [6.07, 6.45) is 3.64. The molecular formula is C16H14. The van der Waals surface area contributed by atoms with Crippen LogP contribution < -0.4 is 10.4 Å². The van der Waals surface area contributed by atoms with Gasteiger partial charge in [-0.3, -0.25) is 0 Å². The lowest BCUT2D eigenvalue weighted by atomic mass is 9.96. The highest BCUT2D eigenvalue weighted by atomic mass is 14.1. The Bertz CT molecular complexity index is 615. The summed E-state index contributed by atoms with van der Waals surface area (Å²) in [5.74, 6) is 0. The Labute approximate surface area is 95.5 Å². The summed E-state index contributed by atoms with van der Waals surface area (Å²) in [6, 6.07) is 8.15. The maximum Gasteiger partial charge on any atom is -0.0105 e. The molecule has 0 saturated heterocycles. The minimum Gasteiger partial charge on any atom is -0.0984 e. The van der Waals surface area contributed by atoms with Gasteiger partial charge in [0, 0.05) is 0 Å². The second-order valence-electron chi connectivity index (χ2n) is 3.74. The van der Waals surface area contributed by atoms with E-state index in [-0.39, 0.29) is 0 Å². The highest BCUT2D eigenvalue weighted by molar-refractivity contribution is 5.89. The molecule has 0 spiro atoms. The molecular weight excluding hydrogens is 192 g/mol. The molecule has 0 aliphatic rings. The van der Waals surface area contributed by atoms with E-state index in [0.29, 0.717) is 0 Å². The first-order valence-corrected chi connectivity index (χ1v) is 5.18. The fourth-order valence-corrected chi connectivity index (χ4v) is 2.09. The van der Waals surface area contributed by atoms with Crippen molar-refractivity contribution in [3.05, 3.63) is 59.0 Å². The van der Waals surface area contributed by atoms with E-state index in [9.17, 15) is 0 Å². The number of hydrogen-bond donors (Lipinski definition) is 0. The predicted molar refractivity (Wildman–Crippen MR) is 74.4 cm³/mol. The van der Waals surface area contributed by atoms with Crippen LogP contribution in [0.1, 0.15) is 11.1 Å². The molecule has 0 fully saturated rings. The molecule has 0 bridgehead atoms. The molecule has 2 rings (SSSR count). The zero-order chi connectivity index (χ0) is 11.7. The molecule has 0 aliphatic heterocycles. The van der Waals surface area contributed by atoms with Gasteiger partial charge in [-0.1, -0.05) is 62.7 Å². The van der Waals surface area contributed by atoms with Crippen molar-refractivity contribution in [2.75, 3.05) is 0 Å². The lowest BCUT2D eigenvalue weighted by Crippen LogP contribution is -2.17. The Morgan fingerprint density at radius 1 is 0.750 bits per heavy atom. The van der Waals surface area contributed by atoms with Crippen molar-refractivity contribution in [2.24, 2.45) is 0 Å². The topological polar surface area (TPSA) is 0 Å². The van der Waals surface area contributed by atoms with Crippen LogP contribution in [-0.4, -0.2) is 0 Å². The zero-order valence-electron chi connectivity index (χ0n) is 9.29. The van der Waals surface area contributed by atoms with Gasteiger partial charge in [-0.2, -0.15) is 0 Å². The van der Waals surface area contributed by atoms with Gasteiger partial charge in [0.05, 0.1) is 0 Å². The molecule has 78 valence electrons. The fourth-order valence-electron chi connectivity index (χ4n) is 2.09. The second-order valence-corrected chi connectivity index (χ2v) is 3.74. The first kappa shape index (κ1) is 10.4. The summed E-state index contributed by atoms with van der Waals surface area (Å²) in [5, 5.41) is 4.25. The predicted octanol–water partition coefficient (Wildman–Crippen LogP) is 2.95. The van der Waals surface area contributed by atoms with Crippen molar-refractivity contribution < 1.29 is 0 Å². The van der Waals surface area contributed by atoms with Gasteiger partial charge in [0.2, 0.25) is 0 Å². The van der Waals surface area contributed by atoms with E-state index in [2.05, 4.69) is 38.4 Å². The number of rotatable bonds is 2. The van der Waals surface area contributed by atoms with Crippen molar-refractivity contribution in [2.45, 2.75) is 0 Å². The molecule has 0 nitrogen and oxygen atoms in total. The molecule has 0 heterocycles. The van der Waals surface area contributed by atoms with Gasteiger partial charge in [-0.05, 0) is 32.3 Å². The average molecular weight is 206 g/mol. The molecule has 0 heteroatoms. The van der Waals surface area contributed by atoms with E-state index >= 15 is 0 Å². The van der Waals surface area contributed by atoms with Crippen LogP contribution in [0, 0.1) is 0 Å². The maximum atomic E-state index is 4.12. The van der Waals surface area contributed by atoms with E-state index in [1.165, 1.54) is 0 Å². The summed E-state index contributed by atoms with van der Waals surface area (Å²) < 4.78 is 0. The monoisotopic (exact) mass is 206 g/mol. The molecule has 0 amide bonds. The fraction of sp³-hybridized carbons (Fsp3) is 0. The van der Waals surface area contributed by atoms with E-state index in [4.69, 9.17) is 0 Å². The standard InChI is InChI=1S/C16H14/c1-5-13-11(3)15-9-7-8-10-16(15)12(4)14(13)6-2/h5-10H,1-4H2. The van der Waals surface area contributed by atoms with Crippen molar-refractivity contribution in [3.8, 4) is 0 Å². The van der Waals surface area contributed by atoms with Gasteiger partial charge in [0.15, 0.2) is 0 Å². The summed E-state index contributed by atoms with van der Waals surface area (Å²) in [7, 11) is 0. The van der Waals surface area contributed by atoms with Gasteiger partial charge in [-0.15, -0.1) is 0 Å². The molecule has 0 aromatic heterocycles. The van der Waals surface area contributed by atoms with E-state index < -0.39 is 0 Å². The lowest BCUT2D eigenvalue weighted by Gasteiger charge is -2.08. The van der Waals surface area contributed by atoms with E-state index in [0.717, 1.165) is 32.3 Å². The number of hydrogen-bond acceptors (Lipinski definition) is 0. The second kappa shape index (κ2) is 3.82. The average Bonchev–Trinajstić information content (AvgIpc) is 2.33. The van der Waals surface area contributed by atoms with Crippen LogP contribution in [-0.2, 0) is 0 Å². The van der Waals surface area contributed by atoms with Crippen molar-refractivity contribution in [3.63, 3.8) is 0 Å². The Kier molecular flexibility index (Phi) is 2.49. The van der Waals surface area contributed by atoms with Gasteiger partial charge >= 0.3 is 0 Å². The molecule has 0 unspecified atom stereocenters. The minimum atomic E-state index is 0.993. The molecule has 0 aliphatic carbocycles. The minimum absolute atomic E-state index is 0.993. The maximum absolute atomic E-state index is 4.12. The molecule has 0 radical (unpaired) electrons. The highest BCUT2D eigenvalue weighted by Crippen LogP contribution is 2.11. The Morgan fingerprint density at radius 3 is 1.44 bits per heavy atom. The van der Waals surface area contributed by atoms with Crippen molar-refractivity contribution in [1.82, 2.24) is 0 Å². The lowest BCUT2D eigenvalue weighted by molar-refractivity contribution is 1.56. The third kappa shape index (κ3) is 1.31. The summed E-state index contributed by atoms with van der Waals surface area (Å²) in [4.78, 5) is 0. The van der Waals surface area contributed by atoms with Crippen LogP contribution in [0.3, 0.4) is 0 Å². The summed E-state index contributed by atoms with van der Waals surface area (Å²) in [6.45, 7) is 15.9. The van der Waals surface area contributed by atoms with E-state index in [1.807, 2.05) is 24.3 Å². The van der Waals surface area contributed by atoms with Crippen molar-refractivity contribution in [1.29, 1.82) is 0 Å². The van der Waals surface area contributed by atoms with Gasteiger partial charge < -0.3 is 0 Å². The molecule has 16 heavy (non-hydrogen) atoms. The van der Waals surface area contributed by atoms with Crippen LogP contribution in [0.4, 0.5) is 0 Å². The first-order valence-electron chi connectivity index (χ1n) is 5.18. The Morgan fingerprint density at radius 2 is 1.12 bits per heavy atom. The van der Waals surface area contributed by atoms with Gasteiger partial charge in [-0.25, -0.2) is 0 Å². The quantitative estimate of drug-likeness (QED) is 0.708. The zero-order valence-corrected chi connectivity index (χ0v) is 9.29. The number of benzene rings is 2. The normalized spacial score (nSPS) is 10.2. The molecule has 2 aromatic carbocycles. The molecule has 0 N–H and O–H groups in total. The van der Waals surface area contributed by atoms with Crippen LogP contribution in [0.2, 0.25) is 0 Å². The van der Waals surface area contributed by atoms with Crippen LogP contribution in [0.25, 0.3) is 36.1 Å². The summed E-state index contributed by atoms with van der Waals surface area (Å²) in [5.41, 5.74) is 2.05. The largest absolute Gasteiger partial charge is 0.0984 e.